The molecule has 0 fully saturated rings. The number of ether oxygens (including phenoxy) is 1. The monoisotopic (exact) mass is 337 g/mol. The molecular formula is C20H23N3O2. The van der Waals surface area contributed by atoms with E-state index in [9.17, 15) is 4.79 Å². The first-order valence-electron chi connectivity index (χ1n) is 8.52. The summed E-state index contributed by atoms with van der Waals surface area (Å²) >= 11 is 0. The highest BCUT2D eigenvalue weighted by Gasteiger charge is 2.14. The average Bonchev–Trinajstić information content (AvgIpc) is 2.76. The number of carbonyl (C=O) groups is 1. The molecule has 1 aliphatic rings. The predicted molar refractivity (Wildman–Crippen MR) is 99.4 cm³/mol. The number of hydrogen-bond donors (Lipinski definition) is 2. The second-order valence-electron chi connectivity index (χ2n) is 6.65. The van der Waals surface area contributed by atoms with Crippen LogP contribution in [0.25, 0.3) is 12.2 Å². The number of amides is 1. The standard InChI is InChI=1S/C20H23N3O2/c1-13(2)7-8-22-11-14-3-6-18-15(9-14)4-5-16-10-17(19(21)24)12-23-20(16)25-18/h3-6,9-10,12-13,22H,7-8,11H2,1-2H3,(H2,21,24). The summed E-state index contributed by atoms with van der Waals surface area (Å²) in [5.74, 6) is 1.43. The number of nitrogens with one attached hydrogen (secondary N) is 1. The summed E-state index contributed by atoms with van der Waals surface area (Å²) in [5, 5.41) is 3.46. The lowest BCUT2D eigenvalue weighted by atomic mass is 10.1. The highest BCUT2D eigenvalue weighted by molar-refractivity contribution is 5.93. The van der Waals surface area contributed by atoms with Gasteiger partial charge in [0.25, 0.3) is 0 Å². The van der Waals surface area contributed by atoms with Crippen LogP contribution < -0.4 is 15.8 Å². The quantitative estimate of drug-likeness (QED) is 0.674. The van der Waals surface area contributed by atoms with Crippen LogP contribution in [-0.2, 0) is 6.54 Å². The first kappa shape index (κ1) is 17.2. The van der Waals surface area contributed by atoms with Gasteiger partial charge in [0.05, 0.1) is 5.56 Å². The van der Waals surface area contributed by atoms with E-state index in [2.05, 4.69) is 36.3 Å². The maximum absolute atomic E-state index is 11.3. The van der Waals surface area contributed by atoms with Crippen LogP contribution in [0.2, 0.25) is 0 Å². The Morgan fingerprint density at radius 2 is 2.04 bits per heavy atom. The van der Waals surface area contributed by atoms with Crippen molar-refractivity contribution in [1.82, 2.24) is 10.3 Å². The fourth-order valence-electron chi connectivity index (χ4n) is 2.65. The van der Waals surface area contributed by atoms with Crippen molar-refractivity contribution in [3.8, 4) is 11.6 Å². The molecule has 1 aromatic heterocycles. The first-order valence-corrected chi connectivity index (χ1v) is 8.52. The van der Waals surface area contributed by atoms with E-state index in [1.165, 1.54) is 11.8 Å². The summed E-state index contributed by atoms with van der Waals surface area (Å²) in [6.45, 7) is 6.28. The Balaban J connectivity index is 1.76. The molecule has 25 heavy (non-hydrogen) atoms. The highest BCUT2D eigenvalue weighted by atomic mass is 16.5. The third-order valence-corrected chi connectivity index (χ3v) is 4.11. The molecular weight excluding hydrogens is 314 g/mol. The number of pyridine rings is 1. The Morgan fingerprint density at radius 1 is 1.24 bits per heavy atom. The van der Waals surface area contributed by atoms with Crippen LogP contribution in [0.5, 0.6) is 11.6 Å². The molecule has 1 amide bonds. The molecule has 3 N–H and O–H groups in total. The van der Waals surface area contributed by atoms with E-state index < -0.39 is 5.91 Å². The van der Waals surface area contributed by atoms with E-state index >= 15 is 0 Å². The molecule has 1 aliphatic heterocycles. The molecule has 0 atom stereocenters. The van der Waals surface area contributed by atoms with Crippen molar-refractivity contribution in [1.29, 1.82) is 0 Å². The fraction of sp³-hybridized carbons (Fsp3) is 0.300. The summed E-state index contributed by atoms with van der Waals surface area (Å²) in [5.41, 5.74) is 8.61. The van der Waals surface area contributed by atoms with Crippen LogP contribution in [0.4, 0.5) is 0 Å². The van der Waals surface area contributed by atoms with E-state index in [1.54, 1.807) is 6.07 Å². The van der Waals surface area contributed by atoms with Crippen LogP contribution in [0.15, 0.2) is 30.5 Å². The van der Waals surface area contributed by atoms with Crippen molar-refractivity contribution in [2.24, 2.45) is 11.7 Å². The molecule has 0 radical (unpaired) electrons. The van der Waals surface area contributed by atoms with Gasteiger partial charge in [0.2, 0.25) is 11.8 Å². The molecule has 2 heterocycles. The molecule has 0 spiro atoms. The number of fused-ring (bicyclic) bond motifs is 2. The lowest BCUT2D eigenvalue weighted by Gasteiger charge is -2.11. The van der Waals surface area contributed by atoms with Crippen LogP contribution in [0.1, 0.15) is 47.3 Å². The maximum atomic E-state index is 11.3. The molecule has 2 aromatic rings. The summed E-state index contributed by atoms with van der Waals surface area (Å²) in [4.78, 5) is 15.5. The molecule has 5 nitrogen and oxygen atoms in total. The molecule has 5 heteroatoms. The largest absolute Gasteiger partial charge is 0.438 e. The zero-order valence-corrected chi connectivity index (χ0v) is 14.6. The second-order valence-corrected chi connectivity index (χ2v) is 6.65. The van der Waals surface area contributed by atoms with Gasteiger partial charge in [-0.3, -0.25) is 4.79 Å². The Labute approximate surface area is 147 Å². The average molecular weight is 337 g/mol. The second kappa shape index (κ2) is 7.49. The Kier molecular flexibility index (Phi) is 5.14. The normalized spacial score (nSPS) is 12.3. The van der Waals surface area contributed by atoms with Crippen molar-refractivity contribution in [2.75, 3.05) is 6.54 Å². The van der Waals surface area contributed by atoms with E-state index in [4.69, 9.17) is 10.5 Å². The highest BCUT2D eigenvalue weighted by Crippen LogP contribution is 2.33. The van der Waals surface area contributed by atoms with Gasteiger partial charge in [-0.05, 0) is 48.7 Å². The maximum Gasteiger partial charge on any atom is 0.250 e. The van der Waals surface area contributed by atoms with Crippen LogP contribution >= 0.6 is 0 Å². The SMILES string of the molecule is CC(C)CCNCc1ccc2c(c1)C=Cc1cc(C(N)=O)cnc1O2. The Bertz CT molecular complexity index is 813. The number of hydrogen-bond acceptors (Lipinski definition) is 4. The van der Waals surface area contributed by atoms with Crippen molar-refractivity contribution in [3.63, 3.8) is 0 Å². The Morgan fingerprint density at radius 3 is 2.80 bits per heavy atom. The molecule has 3 rings (SSSR count). The summed E-state index contributed by atoms with van der Waals surface area (Å²) < 4.78 is 5.90. The van der Waals surface area contributed by atoms with E-state index in [-0.39, 0.29) is 0 Å². The molecule has 0 bridgehead atoms. The summed E-state index contributed by atoms with van der Waals surface area (Å²) in [7, 11) is 0. The number of carbonyl (C=O) groups excluding carboxylic acids is 1. The zero-order chi connectivity index (χ0) is 17.8. The van der Waals surface area contributed by atoms with Gasteiger partial charge in [-0.2, -0.15) is 0 Å². The number of rotatable bonds is 6. The van der Waals surface area contributed by atoms with Crippen LogP contribution in [0.3, 0.4) is 0 Å². The van der Waals surface area contributed by atoms with E-state index in [0.29, 0.717) is 17.4 Å². The number of nitrogens with zero attached hydrogens (tertiary/aromatic N) is 1. The number of primary amides is 1. The molecule has 0 saturated heterocycles. The number of benzene rings is 1. The minimum atomic E-state index is -0.500. The minimum absolute atomic E-state index is 0.369. The van der Waals surface area contributed by atoms with E-state index in [1.807, 2.05) is 18.2 Å². The minimum Gasteiger partial charge on any atom is -0.438 e. The van der Waals surface area contributed by atoms with Gasteiger partial charge >= 0.3 is 0 Å². The van der Waals surface area contributed by atoms with Crippen LogP contribution in [0, 0.1) is 5.92 Å². The zero-order valence-electron chi connectivity index (χ0n) is 14.6. The van der Waals surface area contributed by atoms with Gasteiger partial charge in [0, 0.05) is 23.9 Å². The van der Waals surface area contributed by atoms with Crippen molar-refractivity contribution in [2.45, 2.75) is 26.8 Å². The number of nitrogens with two attached hydrogens (primary N) is 1. The summed E-state index contributed by atoms with van der Waals surface area (Å²) in [6.07, 6.45) is 6.48. The number of aromatic nitrogens is 1. The van der Waals surface area contributed by atoms with Gasteiger partial charge in [-0.25, -0.2) is 4.98 Å². The third kappa shape index (κ3) is 4.25. The van der Waals surface area contributed by atoms with Crippen molar-refractivity contribution in [3.05, 3.63) is 52.7 Å². The molecule has 130 valence electrons. The molecule has 1 aromatic carbocycles. The van der Waals surface area contributed by atoms with Gasteiger partial charge in [-0.15, -0.1) is 0 Å². The molecule has 0 saturated carbocycles. The van der Waals surface area contributed by atoms with Gasteiger partial charge in [-0.1, -0.05) is 26.0 Å². The summed E-state index contributed by atoms with van der Waals surface area (Å²) in [6, 6.07) is 7.81. The van der Waals surface area contributed by atoms with Gasteiger partial charge in [0.15, 0.2) is 0 Å². The van der Waals surface area contributed by atoms with Gasteiger partial charge < -0.3 is 15.8 Å². The smallest absolute Gasteiger partial charge is 0.250 e. The van der Waals surface area contributed by atoms with E-state index in [0.717, 1.165) is 36.4 Å². The lowest BCUT2D eigenvalue weighted by Crippen LogP contribution is -2.16. The topological polar surface area (TPSA) is 77.2 Å². The lowest BCUT2D eigenvalue weighted by molar-refractivity contribution is 0.1000. The first-order chi connectivity index (χ1) is 12.0. The van der Waals surface area contributed by atoms with Gasteiger partial charge in [0.1, 0.15) is 5.75 Å². The fourth-order valence-corrected chi connectivity index (χ4v) is 2.65. The van der Waals surface area contributed by atoms with Crippen molar-refractivity contribution < 1.29 is 9.53 Å². The molecule has 0 aliphatic carbocycles. The van der Waals surface area contributed by atoms with Crippen molar-refractivity contribution >= 4 is 18.1 Å². The Hall–Kier alpha value is -2.66. The van der Waals surface area contributed by atoms with Crippen LogP contribution in [-0.4, -0.2) is 17.4 Å². The molecule has 0 unspecified atom stereocenters. The third-order valence-electron chi connectivity index (χ3n) is 4.11. The predicted octanol–water partition coefficient (Wildman–Crippen LogP) is 3.59.